The smallest absolute Gasteiger partial charge is 0.309 e. The molecule has 0 bridgehead atoms. The Morgan fingerprint density at radius 2 is 2.25 bits per heavy atom. The molecule has 0 aliphatic heterocycles. The van der Waals surface area contributed by atoms with Crippen molar-refractivity contribution in [1.82, 2.24) is 0 Å². The Morgan fingerprint density at radius 1 is 1.38 bits per heavy atom. The van der Waals surface area contributed by atoms with Crippen molar-refractivity contribution in [2.24, 2.45) is 17.8 Å². The first-order chi connectivity index (χ1) is 7.83. The standard InChI is InChI=1S/C13H20O3/c14-8-9-16-13(15)12-7-3-5-10-4-1-2-6-11(10)12/h1,4,10-12,14H,2-3,5-9H2. The van der Waals surface area contributed by atoms with E-state index in [9.17, 15) is 4.79 Å². The van der Waals surface area contributed by atoms with Gasteiger partial charge in [0.1, 0.15) is 6.61 Å². The molecule has 3 heteroatoms. The molecule has 0 heterocycles. The average Bonchev–Trinajstić information content (AvgIpc) is 2.35. The van der Waals surface area contributed by atoms with Gasteiger partial charge in [0.25, 0.3) is 0 Å². The predicted molar refractivity (Wildman–Crippen MR) is 60.7 cm³/mol. The second-order valence-electron chi connectivity index (χ2n) is 4.76. The molecular formula is C13H20O3. The number of esters is 1. The van der Waals surface area contributed by atoms with Gasteiger partial charge in [0, 0.05) is 0 Å². The summed E-state index contributed by atoms with van der Waals surface area (Å²) >= 11 is 0. The molecule has 0 saturated heterocycles. The second kappa shape index (κ2) is 5.48. The number of carbonyl (C=O) groups is 1. The summed E-state index contributed by atoms with van der Waals surface area (Å²) in [6, 6.07) is 0. The molecule has 0 aromatic rings. The summed E-state index contributed by atoms with van der Waals surface area (Å²) in [5.41, 5.74) is 0. The van der Waals surface area contributed by atoms with Gasteiger partial charge in [-0.25, -0.2) is 0 Å². The number of ether oxygens (including phenoxy) is 1. The monoisotopic (exact) mass is 224 g/mol. The third-order valence-electron chi connectivity index (χ3n) is 3.81. The van der Waals surface area contributed by atoms with Crippen LogP contribution in [-0.2, 0) is 9.53 Å². The largest absolute Gasteiger partial charge is 0.463 e. The molecule has 1 saturated carbocycles. The zero-order chi connectivity index (χ0) is 11.4. The van der Waals surface area contributed by atoms with Crippen molar-refractivity contribution in [3.63, 3.8) is 0 Å². The third-order valence-corrected chi connectivity index (χ3v) is 3.81. The molecule has 0 aromatic heterocycles. The molecule has 90 valence electrons. The first-order valence-corrected chi connectivity index (χ1v) is 6.27. The van der Waals surface area contributed by atoms with Crippen molar-refractivity contribution in [3.8, 4) is 0 Å². The Bertz CT molecular complexity index is 272. The van der Waals surface area contributed by atoms with Gasteiger partial charge in [0.15, 0.2) is 0 Å². The molecule has 2 aliphatic rings. The molecule has 1 N–H and O–H groups in total. The van der Waals surface area contributed by atoms with Crippen LogP contribution in [0, 0.1) is 17.8 Å². The molecule has 0 aromatic carbocycles. The van der Waals surface area contributed by atoms with Gasteiger partial charge in [-0.2, -0.15) is 0 Å². The number of rotatable bonds is 3. The third kappa shape index (κ3) is 2.46. The normalized spacial score (nSPS) is 33.2. The number of allylic oxidation sites excluding steroid dienone is 2. The summed E-state index contributed by atoms with van der Waals surface area (Å²) in [6.07, 6.45) is 10.0. The number of fused-ring (bicyclic) bond motifs is 1. The summed E-state index contributed by atoms with van der Waals surface area (Å²) in [7, 11) is 0. The molecule has 3 atom stereocenters. The van der Waals surface area contributed by atoms with Crippen molar-refractivity contribution in [2.45, 2.75) is 32.1 Å². The molecule has 1 fully saturated rings. The maximum absolute atomic E-state index is 11.9. The van der Waals surface area contributed by atoms with Crippen molar-refractivity contribution in [3.05, 3.63) is 12.2 Å². The van der Waals surface area contributed by atoms with Gasteiger partial charge in [-0.1, -0.05) is 18.6 Å². The molecule has 16 heavy (non-hydrogen) atoms. The zero-order valence-electron chi connectivity index (χ0n) is 9.60. The van der Waals surface area contributed by atoms with Crippen LogP contribution in [-0.4, -0.2) is 24.3 Å². The lowest BCUT2D eigenvalue weighted by Crippen LogP contribution is -2.35. The number of aliphatic hydroxyl groups is 1. The van der Waals surface area contributed by atoms with E-state index in [-0.39, 0.29) is 25.1 Å². The number of hydrogen-bond donors (Lipinski definition) is 1. The van der Waals surface area contributed by atoms with Gasteiger partial charge < -0.3 is 9.84 Å². The quantitative estimate of drug-likeness (QED) is 0.588. The Hall–Kier alpha value is -0.830. The van der Waals surface area contributed by atoms with Gasteiger partial charge in [0.05, 0.1) is 12.5 Å². The van der Waals surface area contributed by atoms with Crippen LogP contribution in [0.1, 0.15) is 32.1 Å². The van der Waals surface area contributed by atoms with E-state index in [1.807, 2.05) is 0 Å². The lowest BCUT2D eigenvalue weighted by molar-refractivity contribution is -0.153. The molecule has 0 spiro atoms. The first kappa shape index (κ1) is 11.6. The molecular weight excluding hydrogens is 204 g/mol. The first-order valence-electron chi connectivity index (χ1n) is 6.27. The van der Waals surface area contributed by atoms with Crippen molar-refractivity contribution >= 4 is 5.97 Å². The highest BCUT2D eigenvalue weighted by Gasteiger charge is 2.37. The average molecular weight is 224 g/mol. The minimum absolute atomic E-state index is 0.0650. The van der Waals surface area contributed by atoms with E-state index in [1.165, 1.54) is 6.42 Å². The van der Waals surface area contributed by atoms with Gasteiger partial charge in [-0.05, 0) is 37.5 Å². The topological polar surface area (TPSA) is 46.5 Å². The Balaban J connectivity index is 1.97. The molecule has 2 aliphatic carbocycles. The lowest BCUT2D eigenvalue weighted by atomic mass is 9.68. The van der Waals surface area contributed by atoms with Gasteiger partial charge >= 0.3 is 5.97 Å². The highest BCUT2D eigenvalue weighted by Crippen LogP contribution is 2.41. The van der Waals surface area contributed by atoms with Crippen LogP contribution in [0.15, 0.2) is 12.2 Å². The van der Waals surface area contributed by atoms with Crippen LogP contribution >= 0.6 is 0 Å². The molecule has 3 nitrogen and oxygen atoms in total. The van der Waals surface area contributed by atoms with Gasteiger partial charge in [0.2, 0.25) is 0 Å². The minimum Gasteiger partial charge on any atom is -0.463 e. The minimum atomic E-state index is -0.0981. The van der Waals surface area contributed by atoms with Crippen molar-refractivity contribution in [1.29, 1.82) is 0 Å². The van der Waals surface area contributed by atoms with Crippen LogP contribution < -0.4 is 0 Å². The van der Waals surface area contributed by atoms with E-state index >= 15 is 0 Å². The highest BCUT2D eigenvalue weighted by molar-refractivity contribution is 5.73. The Morgan fingerprint density at radius 3 is 3.06 bits per heavy atom. The van der Waals surface area contributed by atoms with E-state index in [0.717, 1.165) is 25.7 Å². The summed E-state index contributed by atoms with van der Waals surface area (Å²) in [5, 5.41) is 8.66. The van der Waals surface area contributed by atoms with E-state index < -0.39 is 0 Å². The van der Waals surface area contributed by atoms with Gasteiger partial charge in [-0.3, -0.25) is 4.79 Å². The lowest BCUT2D eigenvalue weighted by Gasteiger charge is -2.37. The summed E-state index contributed by atoms with van der Waals surface area (Å²) in [4.78, 5) is 11.9. The zero-order valence-corrected chi connectivity index (χ0v) is 9.60. The summed E-state index contributed by atoms with van der Waals surface area (Å²) in [5.74, 6) is 1.02. The van der Waals surface area contributed by atoms with E-state index in [2.05, 4.69) is 12.2 Å². The fourth-order valence-corrected chi connectivity index (χ4v) is 3.06. The highest BCUT2D eigenvalue weighted by atomic mass is 16.5. The van der Waals surface area contributed by atoms with E-state index in [0.29, 0.717) is 11.8 Å². The SMILES string of the molecule is O=C(OCCO)C1CCCC2C=CCCC21. The Labute approximate surface area is 96.5 Å². The van der Waals surface area contributed by atoms with Crippen LogP contribution in [0.4, 0.5) is 0 Å². The second-order valence-corrected chi connectivity index (χ2v) is 4.76. The van der Waals surface area contributed by atoms with E-state index in [4.69, 9.17) is 9.84 Å². The number of carbonyl (C=O) groups excluding carboxylic acids is 1. The fraction of sp³-hybridized carbons (Fsp3) is 0.769. The predicted octanol–water partition coefficient (Wildman–Crippen LogP) is 1.90. The maximum Gasteiger partial charge on any atom is 0.309 e. The maximum atomic E-state index is 11.9. The van der Waals surface area contributed by atoms with E-state index in [1.54, 1.807) is 0 Å². The Kier molecular flexibility index (Phi) is 3.99. The summed E-state index contributed by atoms with van der Waals surface area (Å²) < 4.78 is 5.07. The molecule has 0 amide bonds. The number of aliphatic hydroxyl groups excluding tert-OH is 1. The van der Waals surface area contributed by atoms with Crippen LogP contribution in [0.3, 0.4) is 0 Å². The van der Waals surface area contributed by atoms with Crippen LogP contribution in [0.2, 0.25) is 0 Å². The van der Waals surface area contributed by atoms with Crippen molar-refractivity contribution < 1.29 is 14.6 Å². The molecule has 0 radical (unpaired) electrons. The van der Waals surface area contributed by atoms with Crippen LogP contribution in [0.5, 0.6) is 0 Å². The van der Waals surface area contributed by atoms with Gasteiger partial charge in [-0.15, -0.1) is 0 Å². The van der Waals surface area contributed by atoms with Crippen molar-refractivity contribution in [2.75, 3.05) is 13.2 Å². The fourth-order valence-electron chi connectivity index (χ4n) is 3.06. The molecule has 2 rings (SSSR count). The summed E-state index contributed by atoms with van der Waals surface area (Å²) in [6.45, 7) is 0.0645. The van der Waals surface area contributed by atoms with Crippen LogP contribution in [0.25, 0.3) is 0 Å². The number of hydrogen-bond acceptors (Lipinski definition) is 3. The molecule has 3 unspecified atom stereocenters.